The van der Waals surface area contributed by atoms with E-state index in [4.69, 9.17) is 14.2 Å². The first kappa shape index (κ1) is 24.2. The second-order valence-electron chi connectivity index (χ2n) is 6.34. The van der Waals surface area contributed by atoms with Gasteiger partial charge >= 0.3 is 11.9 Å². The highest BCUT2D eigenvalue weighted by molar-refractivity contribution is 7.81. The number of anilines is 2. The molecule has 2 atom stereocenters. The Kier molecular flexibility index (Phi) is 8.46. The van der Waals surface area contributed by atoms with Crippen molar-refractivity contribution in [1.82, 2.24) is 4.98 Å². The molecule has 0 fully saturated rings. The van der Waals surface area contributed by atoms with E-state index in [1.807, 2.05) is 0 Å². The first-order valence-electron chi connectivity index (χ1n) is 9.25. The van der Waals surface area contributed by atoms with Crippen LogP contribution >= 0.6 is 0 Å². The molecule has 1 heterocycles. The lowest BCUT2D eigenvalue weighted by atomic mass is 10.1. The van der Waals surface area contributed by atoms with Crippen LogP contribution in [0.15, 0.2) is 30.3 Å². The highest BCUT2D eigenvalue weighted by Crippen LogP contribution is 2.33. The number of methoxy groups -OCH3 is 1. The Balaban J connectivity index is 2.53. The predicted octanol–water partition coefficient (Wildman–Crippen LogP) is 2.83. The van der Waals surface area contributed by atoms with Crippen molar-refractivity contribution in [1.29, 1.82) is 0 Å². The third kappa shape index (κ3) is 6.22. The van der Waals surface area contributed by atoms with Crippen LogP contribution in [0.25, 0.3) is 0 Å². The molecular formula is C20H22FN2O7S-. The SMILES string of the molecule is CCOC(=O)c1ccc(N(c2ccc(OC)nc2CC(C)OC(C)=O)S(=O)[O-])c(F)c1. The molecule has 0 saturated carbocycles. The van der Waals surface area contributed by atoms with Crippen LogP contribution in [-0.2, 0) is 32.0 Å². The third-order valence-electron chi connectivity index (χ3n) is 4.03. The summed E-state index contributed by atoms with van der Waals surface area (Å²) in [4.78, 5) is 27.3. The molecule has 0 spiro atoms. The molecule has 0 aliphatic heterocycles. The number of pyridine rings is 1. The highest BCUT2D eigenvalue weighted by atomic mass is 32.2. The maximum Gasteiger partial charge on any atom is 0.338 e. The fourth-order valence-corrected chi connectivity index (χ4v) is 3.46. The summed E-state index contributed by atoms with van der Waals surface area (Å²) in [5, 5.41) is 0. The summed E-state index contributed by atoms with van der Waals surface area (Å²) in [6.45, 7) is 4.58. The van der Waals surface area contributed by atoms with Gasteiger partial charge in [-0.3, -0.25) is 13.3 Å². The van der Waals surface area contributed by atoms with Crippen LogP contribution in [0.4, 0.5) is 15.8 Å². The lowest BCUT2D eigenvalue weighted by Crippen LogP contribution is -2.24. The number of carbonyl (C=O) groups is 2. The van der Waals surface area contributed by atoms with Gasteiger partial charge in [0.05, 0.1) is 47.6 Å². The summed E-state index contributed by atoms with van der Waals surface area (Å²) in [7, 11) is 1.39. The molecule has 0 bridgehead atoms. The van der Waals surface area contributed by atoms with Crippen molar-refractivity contribution in [2.24, 2.45) is 0 Å². The van der Waals surface area contributed by atoms with Crippen LogP contribution in [0.5, 0.6) is 5.88 Å². The van der Waals surface area contributed by atoms with E-state index in [9.17, 15) is 22.7 Å². The normalized spacial score (nSPS) is 12.6. The average molecular weight is 453 g/mol. The smallest absolute Gasteiger partial charge is 0.338 e. The minimum Gasteiger partial charge on any atom is -0.755 e. The van der Waals surface area contributed by atoms with Gasteiger partial charge in [-0.25, -0.2) is 14.2 Å². The molecule has 31 heavy (non-hydrogen) atoms. The van der Waals surface area contributed by atoms with Crippen LogP contribution in [0.3, 0.4) is 0 Å². The molecule has 2 aromatic rings. The summed E-state index contributed by atoms with van der Waals surface area (Å²) in [6, 6.07) is 6.12. The zero-order valence-corrected chi connectivity index (χ0v) is 18.2. The van der Waals surface area contributed by atoms with Gasteiger partial charge in [0.1, 0.15) is 11.9 Å². The van der Waals surface area contributed by atoms with E-state index >= 15 is 0 Å². The number of benzene rings is 1. The topological polar surface area (TPSA) is 118 Å². The first-order chi connectivity index (χ1) is 14.7. The van der Waals surface area contributed by atoms with Crippen molar-refractivity contribution in [2.75, 3.05) is 18.0 Å². The molecule has 2 rings (SSSR count). The van der Waals surface area contributed by atoms with Gasteiger partial charge in [-0.05, 0) is 38.1 Å². The molecule has 0 aliphatic rings. The Labute approximate surface area is 181 Å². The number of hydrogen-bond donors (Lipinski definition) is 0. The highest BCUT2D eigenvalue weighted by Gasteiger charge is 2.23. The van der Waals surface area contributed by atoms with Gasteiger partial charge in [-0.1, -0.05) is 0 Å². The number of halogens is 1. The minimum absolute atomic E-state index is 0.0379. The quantitative estimate of drug-likeness (QED) is 0.420. The second kappa shape index (κ2) is 10.8. The van der Waals surface area contributed by atoms with E-state index in [2.05, 4.69) is 4.98 Å². The van der Waals surface area contributed by atoms with Crippen molar-refractivity contribution in [3.8, 4) is 5.88 Å². The Morgan fingerprint density at radius 2 is 1.94 bits per heavy atom. The molecule has 1 aromatic heterocycles. The molecule has 2 unspecified atom stereocenters. The molecule has 0 aliphatic carbocycles. The predicted molar refractivity (Wildman–Crippen MR) is 109 cm³/mol. The van der Waals surface area contributed by atoms with Crippen molar-refractivity contribution < 1.29 is 37.0 Å². The van der Waals surface area contributed by atoms with Crippen LogP contribution in [0.2, 0.25) is 0 Å². The van der Waals surface area contributed by atoms with Crippen LogP contribution < -0.4 is 9.04 Å². The first-order valence-corrected chi connectivity index (χ1v) is 10.3. The van der Waals surface area contributed by atoms with Crippen molar-refractivity contribution in [3.05, 3.63) is 47.4 Å². The summed E-state index contributed by atoms with van der Waals surface area (Å²) in [5.41, 5.74) is -0.145. The zero-order chi connectivity index (χ0) is 23.1. The summed E-state index contributed by atoms with van der Waals surface area (Å²) in [6.07, 6.45) is -0.587. The summed E-state index contributed by atoms with van der Waals surface area (Å²) in [5.74, 6) is -2.00. The van der Waals surface area contributed by atoms with Crippen molar-refractivity contribution in [2.45, 2.75) is 33.3 Å². The molecule has 1 aromatic carbocycles. The van der Waals surface area contributed by atoms with E-state index in [1.165, 1.54) is 32.2 Å². The number of aromatic nitrogens is 1. The maximum absolute atomic E-state index is 14.8. The standard InChI is InChI=1S/C20H23FN2O7S/c1-5-29-20(25)14-6-7-17(15(21)11-14)23(31(26)27)18-8-9-19(28-4)22-16(18)10-12(2)30-13(3)24/h6-9,11-12H,5,10H2,1-4H3,(H,26,27)/p-1. The minimum atomic E-state index is -2.94. The fraction of sp³-hybridized carbons (Fsp3) is 0.350. The lowest BCUT2D eigenvalue weighted by molar-refractivity contribution is -0.145. The molecule has 9 nitrogen and oxygen atoms in total. The molecular weight excluding hydrogens is 431 g/mol. The molecule has 11 heteroatoms. The fourth-order valence-electron chi connectivity index (χ4n) is 2.82. The molecule has 168 valence electrons. The van der Waals surface area contributed by atoms with E-state index < -0.39 is 35.1 Å². The molecule has 0 amide bonds. The van der Waals surface area contributed by atoms with Crippen LogP contribution in [0.1, 0.15) is 36.8 Å². The molecule has 0 N–H and O–H groups in total. The van der Waals surface area contributed by atoms with Gasteiger partial charge in [0, 0.05) is 19.4 Å². The Morgan fingerprint density at radius 1 is 1.26 bits per heavy atom. The number of hydrogen-bond acceptors (Lipinski definition) is 8. The Bertz CT molecular complexity index is 986. The molecule has 0 saturated heterocycles. The Hall–Kier alpha value is -3.05. The summed E-state index contributed by atoms with van der Waals surface area (Å²) >= 11 is -2.94. The van der Waals surface area contributed by atoms with Gasteiger partial charge in [-0.2, -0.15) is 0 Å². The van der Waals surface area contributed by atoms with Crippen molar-refractivity contribution >= 4 is 34.6 Å². The Morgan fingerprint density at radius 3 is 2.48 bits per heavy atom. The van der Waals surface area contributed by atoms with Crippen LogP contribution in [-0.4, -0.2) is 45.5 Å². The number of nitrogens with zero attached hydrogens (tertiary/aromatic N) is 2. The number of esters is 2. The average Bonchev–Trinajstić information content (AvgIpc) is 2.69. The van der Waals surface area contributed by atoms with Crippen LogP contribution in [0, 0.1) is 5.82 Å². The monoisotopic (exact) mass is 453 g/mol. The summed E-state index contributed by atoms with van der Waals surface area (Å²) < 4.78 is 54.7. The number of ether oxygens (including phenoxy) is 3. The van der Waals surface area contributed by atoms with Gasteiger partial charge < -0.3 is 18.8 Å². The van der Waals surface area contributed by atoms with Gasteiger partial charge in [-0.15, -0.1) is 0 Å². The largest absolute Gasteiger partial charge is 0.755 e. The van der Waals surface area contributed by atoms with E-state index in [-0.39, 0.29) is 41.5 Å². The van der Waals surface area contributed by atoms with Gasteiger partial charge in [0.2, 0.25) is 5.88 Å². The third-order valence-corrected chi connectivity index (χ3v) is 4.72. The number of rotatable bonds is 9. The van der Waals surface area contributed by atoms with Gasteiger partial charge in [0.25, 0.3) is 0 Å². The maximum atomic E-state index is 14.8. The second-order valence-corrected chi connectivity index (χ2v) is 7.14. The molecule has 0 radical (unpaired) electrons. The zero-order valence-electron chi connectivity index (χ0n) is 17.4. The van der Waals surface area contributed by atoms with E-state index in [0.717, 1.165) is 12.1 Å². The van der Waals surface area contributed by atoms with Crippen molar-refractivity contribution in [3.63, 3.8) is 0 Å². The lowest BCUT2D eigenvalue weighted by Gasteiger charge is -2.29. The number of carbonyl (C=O) groups excluding carboxylic acids is 2. The van der Waals surface area contributed by atoms with E-state index in [1.54, 1.807) is 13.8 Å². The van der Waals surface area contributed by atoms with Gasteiger partial charge in [0.15, 0.2) is 0 Å². The van der Waals surface area contributed by atoms with E-state index in [0.29, 0.717) is 4.31 Å².